The maximum atomic E-state index is 13.6. The lowest BCUT2D eigenvalue weighted by molar-refractivity contribution is 0.581. The Labute approximate surface area is 124 Å². The summed E-state index contributed by atoms with van der Waals surface area (Å²) in [5, 5.41) is 8.12. The minimum Gasteiger partial charge on any atom is -0.316 e. The fourth-order valence-corrected chi connectivity index (χ4v) is 3.19. The molecule has 0 spiro atoms. The molecule has 1 aromatic heterocycles. The van der Waals surface area contributed by atoms with E-state index in [1.54, 1.807) is 7.05 Å². The van der Waals surface area contributed by atoms with Gasteiger partial charge in [0.1, 0.15) is 11.5 Å². The second-order valence-electron chi connectivity index (χ2n) is 4.10. The Morgan fingerprint density at radius 1 is 1.38 bits per heavy atom. The molecule has 1 aromatic carbocycles. The highest BCUT2D eigenvalue weighted by Gasteiger charge is 2.23. The molecular formula is C11H11ClF2N4O2S. The zero-order valence-corrected chi connectivity index (χ0v) is 12.3. The van der Waals surface area contributed by atoms with E-state index in [9.17, 15) is 17.2 Å². The second-order valence-corrected chi connectivity index (χ2v) is 6.13. The highest BCUT2D eigenvalue weighted by Crippen LogP contribution is 2.28. The Kier molecular flexibility index (Phi) is 4.45. The van der Waals surface area contributed by atoms with Crippen molar-refractivity contribution in [2.24, 2.45) is 0 Å². The van der Waals surface area contributed by atoms with Crippen LogP contribution in [0, 0.1) is 11.6 Å². The number of benzene rings is 1. The first kappa shape index (κ1) is 15.7. The lowest BCUT2D eigenvalue weighted by Crippen LogP contribution is -2.18. The van der Waals surface area contributed by atoms with Gasteiger partial charge in [-0.15, -0.1) is 0 Å². The van der Waals surface area contributed by atoms with Gasteiger partial charge < -0.3 is 5.32 Å². The summed E-state index contributed by atoms with van der Waals surface area (Å²) in [5.74, 6) is -2.02. The van der Waals surface area contributed by atoms with Crippen molar-refractivity contribution in [2.45, 2.75) is 11.6 Å². The molecule has 6 nitrogen and oxygen atoms in total. The third kappa shape index (κ3) is 3.31. The van der Waals surface area contributed by atoms with E-state index >= 15 is 0 Å². The van der Waals surface area contributed by atoms with E-state index in [-0.39, 0.29) is 16.6 Å². The maximum absolute atomic E-state index is 13.6. The summed E-state index contributed by atoms with van der Waals surface area (Å²) in [6, 6.07) is 1.34. The minimum atomic E-state index is -4.14. The van der Waals surface area contributed by atoms with E-state index in [0.717, 1.165) is 6.07 Å². The third-order valence-corrected chi connectivity index (χ3v) is 4.22. The second kappa shape index (κ2) is 5.96. The van der Waals surface area contributed by atoms with Crippen LogP contribution < -0.4 is 10.0 Å². The summed E-state index contributed by atoms with van der Waals surface area (Å²) in [6.45, 7) is 0.242. The van der Waals surface area contributed by atoms with Crippen LogP contribution in [0.1, 0.15) is 5.56 Å². The number of aromatic nitrogens is 2. The lowest BCUT2D eigenvalue weighted by atomic mass is 10.3. The smallest absolute Gasteiger partial charge is 0.279 e. The molecule has 3 N–H and O–H groups in total. The fraction of sp³-hybridized carbons (Fsp3) is 0.182. The number of nitrogens with zero attached hydrogens (tertiary/aromatic N) is 1. The standard InChI is InChI=1S/C11H11ClF2N4O2S/c1-15-4-6-5-16-17-11(6)21(19,20)18-10-8(12)2-7(13)3-9(10)14/h2-3,5,15,18H,4H2,1H3,(H,16,17). The quantitative estimate of drug-likeness (QED) is 0.778. The van der Waals surface area contributed by atoms with Gasteiger partial charge in [-0.3, -0.25) is 9.82 Å². The van der Waals surface area contributed by atoms with Crippen molar-refractivity contribution >= 4 is 27.3 Å². The Morgan fingerprint density at radius 3 is 2.71 bits per heavy atom. The van der Waals surface area contributed by atoms with E-state index < -0.39 is 27.3 Å². The molecule has 2 rings (SSSR count). The van der Waals surface area contributed by atoms with E-state index in [4.69, 9.17) is 11.6 Å². The largest absolute Gasteiger partial charge is 0.316 e. The molecular weight excluding hydrogens is 326 g/mol. The Balaban J connectivity index is 2.40. The first-order valence-corrected chi connectivity index (χ1v) is 7.55. The van der Waals surface area contributed by atoms with Gasteiger partial charge >= 0.3 is 0 Å². The van der Waals surface area contributed by atoms with Crippen molar-refractivity contribution in [3.63, 3.8) is 0 Å². The molecule has 114 valence electrons. The van der Waals surface area contributed by atoms with Crippen molar-refractivity contribution in [3.8, 4) is 0 Å². The summed E-state index contributed by atoms with van der Waals surface area (Å²) in [7, 11) is -2.50. The predicted octanol–water partition coefficient (Wildman–Crippen LogP) is 1.86. The Hall–Kier alpha value is -1.71. The summed E-state index contributed by atoms with van der Waals surface area (Å²) < 4.78 is 53.0. The fourth-order valence-electron chi connectivity index (χ4n) is 1.67. The molecule has 0 amide bonds. The van der Waals surface area contributed by atoms with Crippen LogP contribution in [0.3, 0.4) is 0 Å². The normalized spacial score (nSPS) is 11.6. The number of nitrogens with one attached hydrogen (secondary N) is 3. The average Bonchev–Trinajstić information content (AvgIpc) is 2.83. The highest BCUT2D eigenvalue weighted by atomic mass is 35.5. The zero-order chi connectivity index (χ0) is 15.6. The molecule has 0 aliphatic rings. The minimum absolute atomic E-state index is 0.225. The van der Waals surface area contributed by atoms with Gasteiger partial charge in [-0.25, -0.2) is 8.78 Å². The number of sulfonamides is 1. The maximum Gasteiger partial charge on any atom is 0.279 e. The lowest BCUT2D eigenvalue weighted by Gasteiger charge is -2.10. The van der Waals surface area contributed by atoms with Crippen LogP contribution in [-0.2, 0) is 16.6 Å². The van der Waals surface area contributed by atoms with Gasteiger partial charge in [-0.2, -0.15) is 13.5 Å². The van der Waals surface area contributed by atoms with Crippen molar-refractivity contribution in [1.29, 1.82) is 0 Å². The predicted molar refractivity (Wildman–Crippen MR) is 73.5 cm³/mol. The van der Waals surface area contributed by atoms with Gasteiger partial charge in [-0.1, -0.05) is 11.6 Å². The third-order valence-electron chi connectivity index (χ3n) is 2.56. The molecule has 1 heterocycles. The van der Waals surface area contributed by atoms with Crippen LogP contribution in [0.5, 0.6) is 0 Å². The molecule has 0 fully saturated rings. The number of halogens is 3. The molecule has 10 heteroatoms. The molecule has 2 aromatic rings. The van der Waals surface area contributed by atoms with Gasteiger partial charge in [0.05, 0.1) is 11.2 Å². The monoisotopic (exact) mass is 336 g/mol. The van der Waals surface area contributed by atoms with Crippen molar-refractivity contribution < 1.29 is 17.2 Å². The van der Waals surface area contributed by atoms with Gasteiger partial charge in [0.25, 0.3) is 10.0 Å². The van der Waals surface area contributed by atoms with Crippen LogP contribution in [-0.4, -0.2) is 25.7 Å². The molecule has 0 unspecified atom stereocenters. The molecule has 0 aliphatic heterocycles. The molecule has 21 heavy (non-hydrogen) atoms. The summed E-state index contributed by atoms with van der Waals surface area (Å²) >= 11 is 5.66. The van der Waals surface area contributed by atoms with Gasteiger partial charge in [0.2, 0.25) is 0 Å². The van der Waals surface area contributed by atoms with Crippen LogP contribution >= 0.6 is 11.6 Å². The average molecular weight is 337 g/mol. The van der Waals surface area contributed by atoms with Crippen LogP contribution in [0.2, 0.25) is 5.02 Å². The van der Waals surface area contributed by atoms with Gasteiger partial charge in [0, 0.05) is 18.2 Å². The van der Waals surface area contributed by atoms with E-state index in [1.807, 2.05) is 4.72 Å². The number of hydrogen-bond donors (Lipinski definition) is 3. The first-order valence-electron chi connectivity index (χ1n) is 5.69. The molecule has 0 bridgehead atoms. The van der Waals surface area contributed by atoms with Crippen molar-refractivity contribution in [3.05, 3.63) is 40.6 Å². The molecule has 0 saturated carbocycles. The van der Waals surface area contributed by atoms with Gasteiger partial charge in [-0.05, 0) is 13.1 Å². The zero-order valence-electron chi connectivity index (χ0n) is 10.7. The first-order chi connectivity index (χ1) is 9.85. The summed E-state index contributed by atoms with van der Waals surface area (Å²) in [4.78, 5) is 0. The topological polar surface area (TPSA) is 86.9 Å². The molecule has 0 saturated heterocycles. The van der Waals surface area contributed by atoms with Gasteiger partial charge in [0.15, 0.2) is 10.8 Å². The van der Waals surface area contributed by atoms with Crippen molar-refractivity contribution in [1.82, 2.24) is 15.5 Å². The SMILES string of the molecule is CNCc1cn[nH]c1S(=O)(=O)Nc1c(F)cc(F)cc1Cl. The molecule has 0 aliphatic carbocycles. The number of hydrogen-bond acceptors (Lipinski definition) is 4. The number of rotatable bonds is 5. The molecule has 0 atom stereocenters. The summed E-state index contributed by atoms with van der Waals surface area (Å²) in [6.07, 6.45) is 1.33. The summed E-state index contributed by atoms with van der Waals surface area (Å²) in [5.41, 5.74) is -0.160. The Bertz CT molecular complexity index is 740. The molecule has 0 radical (unpaired) electrons. The van der Waals surface area contributed by atoms with Crippen LogP contribution in [0.4, 0.5) is 14.5 Å². The van der Waals surface area contributed by atoms with E-state index in [2.05, 4.69) is 15.5 Å². The van der Waals surface area contributed by atoms with Crippen LogP contribution in [0.15, 0.2) is 23.4 Å². The number of H-pyrrole nitrogens is 1. The Morgan fingerprint density at radius 2 is 2.10 bits per heavy atom. The van der Waals surface area contributed by atoms with Crippen molar-refractivity contribution in [2.75, 3.05) is 11.8 Å². The number of aromatic amines is 1. The van der Waals surface area contributed by atoms with Crippen LogP contribution in [0.25, 0.3) is 0 Å². The highest BCUT2D eigenvalue weighted by molar-refractivity contribution is 7.92. The van der Waals surface area contributed by atoms with E-state index in [0.29, 0.717) is 11.6 Å². The number of anilines is 1. The van der Waals surface area contributed by atoms with E-state index in [1.165, 1.54) is 6.20 Å².